The van der Waals surface area contributed by atoms with Crippen LogP contribution in [0.4, 0.5) is 4.79 Å². The first-order chi connectivity index (χ1) is 7.67. The molecule has 0 aliphatic rings. The molecule has 0 bridgehead atoms. The van der Waals surface area contributed by atoms with Crippen molar-refractivity contribution in [1.82, 2.24) is 4.90 Å². The average Bonchev–Trinajstić information content (AvgIpc) is 2.29. The topological polar surface area (TPSA) is 49.8 Å². The number of carbonyl (C=O) groups is 1. The van der Waals surface area contributed by atoms with E-state index in [1.54, 1.807) is 7.11 Å². The largest absolute Gasteiger partial charge is 0.497 e. The summed E-state index contributed by atoms with van der Waals surface area (Å²) in [7, 11) is 6.77. The third-order valence-corrected chi connectivity index (χ3v) is 2.21. The molecule has 1 N–H and O–H groups in total. The highest BCUT2D eigenvalue weighted by atomic mass is 16.5. The summed E-state index contributed by atoms with van der Waals surface area (Å²) in [6.07, 6.45) is 0. The van der Waals surface area contributed by atoms with Crippen molar-refractivity contribution in [3.05, 3.63) is 29.8 Å². The molecule has 2 radical (unpaired) electrons. The summed E-state index contributed by atoms with van der Waals surface area (Å²) < 4.78 is 5.02. The van der Waals surface area contributed by atoms with Crippen LogP contribution in [0.15, 0.2) is 24.3 Å². The lowest BCUT2D eigenvalue weighted by Crippen LogP contribution is -2.31. The predicted octanol–water partition coefficient (Wildman–Crippen LogP) is 0.778. The lowest BCUT2D eigenvalue weighted by molar-refractivity contribution is 0.193. The Bertz CT molecular complexity index is 340. The van der Waals surface area contributed by atoms with E-state index in [2.05, 4.69) is 0 Å². The van der Waals surface area contributed by atoms with Crippen LogP contribution in [0.3, 0.4) is 0 Å². The quantitative estimate of drug-likeness (QED) is 0.744. The highest BCUT2D eigenvalue weighted by Gasteiger charge is 2.07. The standard InChI is InChI=1S/C11H14BNO3/c1-16-10-4-2-9(3-5-10)8-13(6-7-14)11(12)15/h2-5,14H,6-8H2,1H3. The number of benzene rings is 1. The fraction of sp³-hybridized carbons (Fsp3) is 0.364. The van der Waals surface area contributed by atoms with E-state index in [-0.39, 0.29) is 13.2 Å². The molecular formula is C11H14BNO3. The van der Waals surface area contributed by atoms with Gasteiger partial charge in [-0.1, -0.05) is 12.1 Å². The second kappa shape index (κ2) is 6.17. The molecule has 0 saturated heterocycles. The van der Waals surface area contributed by atoms with Crippen molar-refractivity contribution in [3.63, 3.8) is 0 Å². The first-order valence-corrected chi connectivity index (χ1v) is 4.95. The van der Waals surface area contributed by atoms with Gasteiger partial charge in [0.1, 0.15) is 5.75 Å². The molecule has 1 aromatic carbocycles. The van der Waals surface area contributed by atoms with Crippen molar-refractivity contribution < 1.29 is 14.6 Å². The Kier molecular flexibility index (Phi) is 4.86. The highest BCUT2D eigenvalue weighted by molar-refractivity contribution is 6.56. The summed E-state index contributed by atoms with van der Waals surface area (Å²) in [6.45, 7) is 0.528. The van der Waals surface area contributed by atoms with E-state index in [0.29, 0.717) is 6.54 Å². The molecule has 0 aromatic heterocycles. The van der Waals surface area contributed by atoms with Crippen molar-refractivity contribution in [2.45, 2.75) is 6.54 Å². The number of methoxy groups -OCH3 is 1. The maximum atomic E-state index is 11.0. The second-order valence-corrected chi connectivity index (χ2v) is 3.33. The van der Waals surface area contributed by atoms with Gasteiger partial charge in [-0.25, -0.2) is 0 Å². The molecule has 1 amide bonds. The van der Waals surface area contributed by atoms with E-state index in [4.69, 9.17) is 17.7 Å². The lowest BCUT2D eigenvalue weighted by atomic mass is 10.1. The van der Waals surface area contributed by atoms with Gasteiger partial charge in [0.15, 0.2) is 5.81 Å². The Hall–Kier alpha value is -1.49. The Balaban J connectivity index is 2.65. The van der Waals surface area contributed by atoms with Crippen LogP contribution in [0.2, 0.25) is 0 Å². The van der Waals surface area contributed by atoms with E-state index in [9.17, 15) is 4.79 Å². The fourth-order valence-corrected chi connectivity index (χ4v) is 1.34. The van der Waals surface area contributed by atoms with Crippen LogP contribution < -0.4 is 4.74 Å². The molecule has 0 unspecified atom stereocenters. The molecule has 0 aliphatic heterocycles. The van der Waals surface area contributed by atoms with E-state index in [1.807, 2.05) is 24.3 Å². The lowest BCUT2D eigenvalue weighted by Gasteiger charge is -2.20. The van der Waals surface area contributed by atoms with Gasteiger partial charge in [0.2, 0.25) is 7.85 Å². The zero-order chi connectivity index (χ0) is 12.0. The second-order valence-electron chi connectivity index (χ2n) is 3.33. The molecule has 5 heteroatoms. The number of hydrogen-bond donors (Lipinski definition) is 1. The summed E-state index contributed by atoms with van der Waals surface area (Å²) in [6, 6.07) is 7.33. The van der Waals surface area contributed by atoms with Crippen LogP contribution in [0.5, 0.6) is 5.75 Å². The maximum Gasteiger partial charge on any atom is 0.200 e. The molecule has 0 atom stereocenters. The zero-order valence-electron chi connectivity index (χ0n) is 9.22. The van der Waals surface area contributed by atoms with Crippen LogP contribution >= 0.6 is 0 Å². The summed E-state index contributed by atoms with van der Waals surface area (Å²) >= 11 is 0. The first kappa shape index (κ1) is 12.6. The summed E-state index contributed by atoms with van der Waals surface area (Å²) in [5.41, 5.74) is 0.938. The molecule has 16 heavy (non-hydrogen) atoms. The number of hydrogen-bond acceptors (Lipinski definition) is 3. The van der Waals surface area contributed by atoms with Crippen molar-refractivity contribution in [2.75, 3.05) is 20.3 Å². The molecule has 1 aromatic rings. The van der Waals surface area contributed by atoms with Gasteiger partial charge in [-0.3, -0.25) is 4.79 Å². The predicted molar refractivity (Wildman–Crippen MR) is 61.6 cm³/mol. The Labute approximate surface area is 96.2 Å². The number of aliphatic hydroxyl groups is 1. The number of nitrogens with zero attached hydrogens (tertiary/aromatic N) is 1. The molecule has 0 fully saturated rings. The van der Waals surface area contributed by atoms with E-state index < -0.39 is 5.81 Å². The third-order valence-electron chi connectivity index (χ3n) is 2.21. The van der Waals surface area contributed by atoms with Gasteiger partial charge in [0.05, 0.1) is 13.7 Å². The van der Waals surface area contributed by atoms with Crippen LogP contribution in [0.25, 0.3) is 0 Å². The van der Waals surface area contributed by atoms with Crippen molar-refractivity contribution in [3.8, 4) is 5.75 Å². The normalized spacial score (nSPS) is 9.88. The van der Waals surface area contributed by atoms with Crippen LogP contribution in [0.1, 0.15) is 5.56 Å². The minimum atomic E-state index is -0.537. The van der Waals surface area contributed by atoms with Crippen molar-refractivity contribution >= 4 is 13.7 Å². The monoisotopic (exact) mass is 219 g/mol. The zero-order valence-corrected chi connectivity index (χ0v) is 9.22. The molecular weight excluding hydrogens is 205 g/mol. The SMILES string of the molecule is [B]C(=O)N(CCO)Cc1ccc(OC)cc1. The van der Waals surface area contributed by atoms with Gasteiger partial charge in [-0.15, -0.1) is 0 Å². The molecule has 0 spiro atoms. The minimum absolute atomic E-state index is 0.0981. The van der Waals surface area contributed by atoms with Crippen molar-refractivity contribution in [2.24, 2.45) is 0 Å². The Morgan fingerprint density at radius 3 is 2.50 bits per heavy atom. The van der Waals surface area contributed by atoms with Crippen LogP contribution in [0, 0.1) is 0 Å². The number of aliphatic hydroxyl groups excluding tert-OH is 1. The summed E-state index contributed by atoms with van der Waals surface area (Å²) in [5, 5.41) is 8.78. The summed E-state index contributed by atoms with van der Waals surface area (Å²) in [4.78, 5) is 12.4. The van der Waals surface area contributed by atoms with Crippen LogP contribution in [-0.4, -0.2) is 43.9 Å². The molecule has 84 valence electrons. The first-order valence-electron chi connectivity index (χ1n) is 4.95. The Morgan fingerprint density at radius 1 is 1.44 bits per heavy atom. The smallest absolute Gasteiger partial charge is 0.200 e. The van der Waals surface area contributed by atoms with E-state index in [1.165, 1.54) is 4.90 Å². The number of amides is 1. The van der Waals surface area contributed by atoms with Gasteiger partial charge in [0, 0.05) is 13.1 Å². The molecule has 0 saturated carbocycles. The summed E-state index contributed by atoms with van der Waals surface area (Å²) in [5.74, 6) is 0.224. The third kappa shape index (κ3) is 3.58. The highest BCUT2D eigenvalue weighted by Crippen LogP contribution is 2.12. The molecule has 0 aliphatic carbocycles. The Morgan fingerprint density at radius 2 is 2.06 bits per heavy atom. The maximum absolute atomic E-state index is 11.0. The van der Waals surface area contributed by atoms with Gasteiger partial charge in [-0.2, -0.15) is 0 Å². The number of carbonyl (C=O) groups excluding carboxylic acids is 1. The number of ether oxygens (including phenoxy) is 1. The molecule has 1 rings (SSSR count). The molecule has 0 heterocycles. The fourth-order valence-electron chi connectivity index (χ4n) is 1.34. The van der Waals surface area contributed by atoms with Gasteiger partial charge >= 0.3 is 0 Å². The minimum Gasteiger partial charge on any atom is -0.497 e. The van der Waals surface area contributed by atoms with Gasteiger partial charge in [-0.05, 0) is 17.7 Å². The average molecular weight is 219 g/mol. The van der Waals surface area contributed by atoms with E-state index in [0.717, 1.165) is 11.3 Å². The molecule has 4 nitrogen and oxygen atoms in total. The van der Waals surface area contributed by atoms with Gasteiger partial charge < -0.3 is 14.7 Å². The number of rotatable bonds is 5. The van der Waals surface area contributed by atoms with Crippen LogP contribution in [-0.2, 0) is 6.54 Å². The van der Waals surface area contributed by atoms with Crippen molar-refractivity contribution in [1.29, 1.82) is 0 Å². The van der Waals surface area contributed by atoms with E-state index >= 15 is 0 Å². The van der Waals surface area contributed by atoms with Gasteiger partial charge in [0.25, 0.3) is 0 Å².